The van der Waals surface area contributed by atoms with Crippen LogP contribution in [0.2, 0.25) is 0 Å². The van der Waals surface area contributed by atoms with Gasteiger partial charge in [0.15, 0.2) is 0 Å². The summed E-state index contributed by atoms with van der Waals surface area (Å²) in [4.78, 5) is 0. The molecule has 0 bridgehead atoms. The summed E-state index contributed by atoms with van der Waals surface area (Å²) in [5, 5.41) is 21.5. The van der Waals surface area contributed by atoms with Crippen LogP contribution in [0.4, 0.5) is 4.70 Å². The molecule has 0 aromatic heterocycles. The molecule has 0 aromatic carbocycles. The van der Waals surface area contributed by atoms with Crippen LogP contribution in [0.5, 0.6) is 0 Å². The van der Waals surface area contributed by atoms with E-state index in [1.54, 1.807) is 0 Å². The molecule has 0 saturated heterocycles. The Hall–Kier alpha value is 0.875. The van der Waals surface area contributed by atoms with E-state index in [0.29, 0.717) is 0 Å². The third-order valence-electron chi connectivity index (χ3n) is 0. The molecule has 0 heterocycles. The average molecular weight is 106 g/mol. The molecule has 0 fully saturated rings. The van der Waals surface area contributed by atoms with Gasteiger partial charge in [-0.05, 0) is 0 Å². The maximum atomic E-state index is 7.17. The van der Waals surface area contributed by atoms with Crippen LogP contribution in [0.3, 0.4) is 0 Å². The fraction of sp³-hybridized carbons (Fsp3) is 0. The number of halogens is 1. The van der Waals surface area contributed by atoms with E-state index < -0.39 is 7.32 Å². The van der Waals surface area contributed by atoms with Crippen molar-refractivity contribution in [1.29, 1.82) is 0 Å². The molecule has 0 rings (SSSR count). The van der Waals surface area contributed by atoms with Crippen molar-refractivity contribution in [3.8, 4) is 0 Å². The van der Waals surface area contributed by atoms with Crippen molar-refractivity contribution in [2.24, 2.45) is 0 Å². The van der Waals surface area contributed by atoms with Crippen molar-refractivity contribution < 1.29 is 19.8 Å². The Morgan fingerprint density at radius 3 is 1.00 bits per heavy atom. The van der Waals surface area contributed by atoms with Gasteiger partial charge >= 0.3 is 36.9 Å². The van der Waals surface area contributed by atoms with Gasteiger partial charge in [-0.15, -0.1) is 0 Å². The molecule has 0 spiro atoms. The van der Waals surface area contributed by atoms with E-state index in [4.69, 9.17) is 15.1 Å². The van der Waals surface area contributed by atoms with E-state index in [-0.39, 0.29) is 34.3 Å². The van der Waals surface area contributed by atoms with Gasteiger partial charge in [-0.25, -0.2) is 0 Å². The summed E-state index contributed by atoms with van der Waals surface area (Å²) in [6, 6.07) is 0. The average Bonchev–Trinajstić information content (AvgIpc) is 0.811. The molecule has 0 radical (unpaired) electrons. The third-order valence-corrected chi connectivity index (χ3v) is 0. The molecule has 0 aliphatic carbocycles. The van der Waals surface area contributed by atoms with Gasteiger partial charge in [-0.3, -0.25) is 4.70 Å². The summed E-state index contributed by atoms with van der Waals surface area (Å²) < 4.78 is 0. The molecular formula is H5BFNaO3. The fourth-order valence-electron chi connectivity index (χ4n) is 0. The molecule has 0 atom stereocenters. The van der Waals surface area contributed by atoms with Crippen LogP contribution in [0.15, 0.2) is 0 Å². The van der Waals surface area contributed by atoms with Gasteiger partial charge in [0.2, 0.25) is 0 Å². The van der Waals surface area contributed by atoms with Crippen LogP contribution in [-0.4, -0.2) is 52.0 Å². The van der Waals surface area contributed by atoms with Crippen molar-refractivity contribution in [2.75, 3.05) is 0 Å². The van der Waals surface area contributed by atoms with E-state index in [2.05, 4.69) is 0 Å². The van der Waals surface area contributed by atoms with Gasteiger partial charge in [-0.2, -0.15) is 0 Å². The zero-order valence-corrected chi connectivity index (χ0v) is 2.33. The first-order valence-corrected chi connectivity index (χ1v) is 0.775. The maximum absolute atomic E-state index is 7.17. The molecule has 0 saturated carbocycles. The van der Waals surface area contributed by atoms with E-state index in [0.717, 1.165) is 0 Å². The van der Waals surface area contributed by atoms with Crippen LogP contribution >= 0.6 is 0 Å². The van der Waals surface area contributed by atoms with E-state index in [1.165, 1.54) is 0 Å². The van der Waals surface area contributed by atoms with Crippen LogP contribution in [0.1, 0.15) is 0 Å². The summed E-state index contributed by atoms with van der Waals surface area (Å²) in [7, 11) is -2.17. The zero-order valence-electron chi connectivity index (χ0n) is 2.33. The van der Waals surface area contributed by atoms with E-state index in [1.807, 2.05) is 0 Å². The van der Waals surface area contributed by atoms with Crippen molar-refractivity contribution in [2.45, 2.75) is 0 Å². The predicted octanol–water partition coefficient (Wildman–Crippen LogP) is -2.55. The van der Waals surface area contributed by atoms with Gasteiger partial charge in [0, 0.05) is 0 Å². The standard InChI is InChI=1S/BH3O3.FH.Na.H/c2-1(3)4;;;/h2-4H;1H;;. The first kappa shape index (κ1) is 15.8. The molecule has 0 unspecified atom stereocenters. The Labute approximate surface area is 56.8 Å². The topological polar surface area (TPSA) is 60.7 Å². The molecule has 34 valence electrons. The minimum atomic E-state index is -2.17. The van der Waals surface area contributed by atoms with Gasteiger partial charge in [0.25, 0.3) is 0 Å². The summed E-state index contributed by atoms with van der Waals surface area (Å²) in [6.45, 7) is 0. The molecule has 6 heavy (non-hydrogen) atoms. The van der Waals surface area contributed by atoms with E-state index >= 15 is 0 Å². The molecule has 0 aromatic rings. The second-order valence-corrected chi connectivity index (χ2v) is 0.346. The van der Waals surface area contributed by atoms with Crippen molar-refractivity contribution in [3.63, 3.8) is 0 Å². The SMILES string of the molecule is F.OB(O)O.[NaH]. The Morgan fingerprint density at radius 2 is 1.00 bits per heavy atom. The van der Waals surface area contributed by atoms with Crippen LogP contribution < -0.4 is 0 Å². The first-order chi connectivity index (χ1) is 1.73. The second-order valence-electron chi connectivity index (χ2n) is 0.346. The monoisotopic (exact) mass is 106 g/mol. The van der Waals surface area contributed by atoms with Gasteiger partial charge in [0.1, 0.15) is 0 Å². The van der Waals surface area contributed by atoms with Crippen LogP contribution in [-0.2, 0) is 0 Å². The summed E-state index contributed by atoms with van der Waals surface area (Å²) in [6.07, 6.45) is 0. The molecule has 3 nitrogen and oxygen atoms in total. The third kappa shape index (κ3) is 95.6. The minimum absolute atomic E-state index is 0. The number of hydrogen-bond donors (Lipinski definition) is 3. The Balaban J connectivity index is -0.0000000450. The molecule has 0 aliphatic heterocycles. The molecule has 3 N–H and O–H groups in total. The number of hydrogen-bond acceptors (Lipinski definition) is 3. The summed E-state index contributed by atoms with van der Waals surface area (Å²) >= 11 is 0. The molecule has 0 aliphatic rings. The second kappa shape index (κ2) is 9.30. The predicted molar refractivity (Wildman–Crippen MR) is 22.1 cm³/mol. The van der Waals surface area contributed by atoms with Crippen molar-refractivity contribution in [3.05, 3.63) is 0 Å². The van der Waals surface area contributed by atoms with Gasteiger partial charge < -0.3 is 15.1 Å². The molecule has 0 amide bonds. The van der Waals surface area contributed by atoms with Crippen molar-refractivity contribution in [1.82, 2.24) is 0 Å². The van der Waals surface area contributed by atoms with Gasteiger partial charge in [0.05, 0.1) is 0 Å². The molecular weight excluding hydrogens is 101 g/mol. The summed E-state index contributed by atoms with van der Waals surface area (Å²) in [5.74, 6) is 0. The summed E-state index contributed by atoms with van der Waals surface area (Å²) in [5.41, 5.74) is 0. The van der Waals surface area contributed by atoms with Crippen LogP contribution in [0, 0.1) is 0 Å². The Morgan fingerprint density at radius 1 is 1.00 bits per heavy atom. The Kier molecular flexibility index (Phi) is 24.5. The number of rotatable bonds is 0. The molecule has 6 heteroatoms. The van der Waals surface area contributed by atoms with E-state index in [9.17, 15) is 0 Å². The Bertz CT molecular complexity index is 15.5. The van der Waals surface area contributed by atoms with Crippen LogP contribution in [0.25, 0.3) is 0 Å². The van der Waals surface area contributed by atoms with Crippen molar-refractivity contribution >= 4 is 36.9 Å². The quantitative estimate of drug-likeness (QED) is 0.298. The van der Waals surface area contributed by atoms with Gasteiger partial charge in [-0.1, -0.05) is 0 Å². The first-order valence-electron chi connectivity index (χ1n) is 0.775. The zero-order chi connectivity index (χ0) is 3.58. The fourth-order valence-corrected chi connectivity index (χ4v) is 0. The normalized spacial score (nSPS) is 4.50.